The number of carbonyl (C=O) groups is 1. The molecule has 0 amide bonds. The molecule has 1 N–H and O–H groups in total. The van der Waals surface area contributed by atoms with E-state index >= 15 is 0 Å². The van der Waals surface area contributed by atoms with Crippen LogP contribution in [0.25, 0.3) is 11.4 Å². The fourth-order valence-corrected chi connectivity index (χ4v) is 2.22. The van der Waals surface area contributed by atoms with Gasteiger partial charge in [0.2, 0.25) is 0 Å². The van der Waals surface area contributed by atoms with Crippen LogP contribution in [0.4, 0.5) is 0 Å². The highest BCUT2D eigenvalue weighted by atomic mass is 16.4. The Bertz CT molecular complexity index is 579. The summed E-state index contributed by atoms with van der Waals surface area (Å²) in [6.07, 6.45) is 5.45. The minimum Gasteiger partial charge on any atom is -0.481 e. The zero-order valence-corrected chi connectivity index (χ0v) is 10.2. The van der Waals surface area contributed by atoms with Gasteiger partial charge in [-0.1, -0.05) is 0 Å². The molecule has 0 bridgehead atoms. The number of hydrogen-bond acceptors (Lipinski definition) is 5. The van der Waals surface area contributed by atoms with Gasteiger partial charge in [-0.05, 0) is 41.3 Å². The van der Waals surface area contributed by atoms with E-state index in [0.29, 0.717) is 11.7 Å². The lowest BCUT2D eigenvalue weighted by Crippen LogP contribution is -2.18. The lowest BCUT2D eigenvalue weighted by atomic mass is 10.1. The van der Waals surface area contributed by atoms with Crippen LogP contribution in [-0.4, -0.2) is 36.3 Å². The van der Waals surface area contributed by atoms with Gasteiger partial charge < -0.3 is 5.11 Å². The van der Waals surface area contributed by atoms with Crippen LogP contribution in [0.1, 0.15) is 25.3 Å². The Morgan fingerprint density at radius 3 is 2.79 bits per heavy atom. The van der Waals surface area contributed by atoms with Crippen molar-refractivity contribution in [2.45, 2.75) is 25.3 Å². The first kappa shape index (κ1) is 11.8. The first-order chi connectivity index (χ1) is 9.25. The molecule has 1 aliphatic carbocycles. The second kappa shape index (κ2) is 4.75. The molecule has 7 heteroatoms. The number of hydrogen-bond donors (Lipinski definition) is 1. The molecule has 2 aromatic rings. The standard InChI is InChI=1S/C12H13N5O2/c18-11(19)7-10(8-1-2-8)17-12(14-15-16-17)9-3-5-13-6-4-9/h3-6,8,10H,1-2,7H2,(H,18,19). The van der Waals surface area contributed by atoms with Crippen LogP contribution in [-0.2, 0) is 4.79 Å². The number of aliphatic carboxylic acids is 1. The van der Waals surface area contributed by atoms with Crippen LogP contribution >= 0.6 is 0 Å². The van der Waals surface area contributed by atoms with Gasteiger partial charge in [0.05, 0.1) is 12.5 Å². The van der Waals surface area contributed by atoms with E-state index < -0.39 is 5.97 Å². The normalized spacial score (nSPS) is 16.2. The summed E-state index contributed by atoms with van der Waals surface area (Å²) in [5.74, 6) is 0.133. The maximum absolute atomic E-state index is 11.0. The van der Waals surface area contributed by atoms with Gasteiger partial charge in [0.1, 0.15) is 0 Å². The van der Waals surface area contributed by atoms with Crippen molar-refractivity contribution >= 4 is 5.97 Å². The third-order valence-electron chi connectivity index (χ3n) is 3.30. The minimum absolute atomic E-state index is 0.0494. The van der Waals surface area contributed by atoms with Gasteiger partial charge in [-0.15, -0.1) is 5.10 Å². The van der Waals surface area contributed by atoms with E-state index in [-0.39, 0.29) is 12.5 Å². The first-order valence-corrected chi connectivity index (χ1v) is 6.16. The van der Waals surface area contributed by atoms with Crippen LogP contribution in [0.3, 0.4) is 0 Å². The van der Waals surface area contributed by atoms with Gasteiger partial charge >= 0.3 is 5.97 Å². The lowest BCUT2D eigenvalue weighted by Gasteiger charge is -2.15. The van der Waals surface area contributed by atoms with Crippen molar-refractivity contribution in [2.75, 3.05) is 0 Å². The number of tetrazole rings is 1. The maximum Gasteiger partial charge on any atom is 0.305 e. The molecule has 0 radical (unpaired) electrons. The number of pyridine rings is 1. The summed E-state index contributed by atoms with van der Waals surface area (Å²) in [7, 11) is 0. The number of carboxylic acids is 1. The summed E-state index contributed by atoms with van der Waals surface area (Å²) < 4.78 is 1.64. The van der Waals surface area contributed by atoms with Crippen LogP contribution in [0, 0.1) is 5.92 Å². The van der Waals surface area contributed by atoms with Gasteiger partial charge in [-0.3, -0.25) is 9.78 Å². The Labute approximate surface area is 109 Å². The molecule has 1 atom stereocenters. The van der Waals surface area contributed by atoms with Gasteiger partial charge in [-0.25, -0.2) is 4.68 Å². The fraction of sp³-hybridized carbons (Fsp3) is 0.417. The molecular formula is C12H13N5O2. The van der Waals surface area contributed by atoms with Crippen LogP contribution in [0.2, 0.25) is 0 Å². The van der Waals surface area contributed by atoms with Crippen molar-refractivity contribution in [1.82, 2.24) is 25.2 Å². The molecule has 1 aliphatic rings. The monoisotopic (exact) mass is 259 g/mol. The smallest absolute Gasteiger partial charge is 0.305 e. The molecule has 0 aromatic carbocycles. The van der Waals surface area contributed by atoms with Crippen LogP contribution in [0.15, 0.2) is 24.5 Å². The molecule has 1 saturated carbocycles. The zero-order valence-electron chi connectivity index (χ0n) is 10.2. The Kier molecular flexibility index (Phi) is 2.94. The second-order valence-electron chi connectivity index (χ2n) is 4.69. The molecule has 98 valence electrons. The molecule has 1 fully saturated rings. The van der Waals surface area contributed by atoms with Gasteiger partial charge in [0.15, 0.2) is 5.82 Å². The summed E-state index contributed by atoms with van der Waals surface area (Å²) >= 11 is 0. The Balaban J connectivity index is 1.96. The zero-order chi connectivity index (χ0) is 13.2. The topological polar surface area (TPSA) is 93.8 Å². The molecule has 0 aliphatic heterocycles. The van der Waals surface area contributed by atoms with Crippen LogP contribution < -0.4 is 0 Å². The highest BCUT2D eigenvalue weighted by Gasteiger charge is 2.36. The quantitative estimate of drug-likeness (QED) is 0.865. The third-order valence-corrected chi connectivity index (χ3v) is 3.30. The highest BCUT2D eigenvalue weighted by Crippen LogP contribution is 2.42. The summed E-state index contributed by atoms with van der Waals surface area (Å²) in [5, 5.41) is 20.7. The van der Waals surface area contributed by atoms with E-state index in [9.17, 15) is 4.79 Å². The van der Waals surface area contributed by atoms with Crippen molar-refractivity contribution in [2.24, 2.45) is 5.92 Å². The molecular weight excluding hydrogens is 246 g/mol. The maximum atomic E-state index is 11.0. The van der Waals surface area contributed by atoms with E-state index in [4.69, 9.17) is 5.11 Å². The molecule has 2 aromatic heterocycles. The average molecular weight is 259 g/mol. The fourth-order valence-electron chi connectivity index (χ4n) is 2.22. The lowest BCUT2D eigenvalue weighted by molar-refractivity contribution is -0.138. The molecule has 19 heavy (non-hydrogen) atoms. The minimum atomic E-state index is -0.826. The van der Waals surface area contributed by atoms with E-state index in [0.717, 1.165) is 18.4 Å². The van der Waals surface area contributed by atoms with Crippen molar-refractivity contribution < 1.29 is 9.90 Å². The number of nitrogens with zero attached hydrogens (tertiary/aromatic N) is 5. The molecule has 3 rings (SSSR count). The number of aromatic nitrogens is 5. The predicted molar refractivity (Wildman–Crippen MR) is 65.1 cm³/mol. The van der Waals surface area contributed by atoms with Gasteiger partial charge in [0.25, 0.3) is 0 Å². The molecule has 2 heterocycles. The summed E-state index contributed by atoms with van der Waals surface area (Å²) in [5.41, 5.74) is 0.844. The largest absolute Gasteiger partial charge is 0.481 e. The molecule has 0 spiro atoms. The molecule has 1 unspecified atom stereocenters. The highest BCUT2D eigenvalue weighted by molar-refractivity contribution is 5.67. The summed E-state index contributed by atoms with van der Waals surface area (Å²) in [6.45, 7) is 0. The van der Waals surface area contributed by atoms with Gasteiger partial charge in [-0.2, -0.15) is 0 Å². The van der Waals surface area contributed by atoms with E-state index in [2.05, 4.69) is 20.5 Å². The third kappa shape index (κ3) is 2.44. The summed E-state index contributed by atoms with van der Waals surface area (Å²) in [4.78, 5) is 14.9. The van der Waals surface area contributed by atoms with E-state index in [1.54, 1.807) is 17.1 Å². The molecule has 0 saturated heterocycles. The SMILES string of the molecule is O=C(O)CC(C1CC1)n1nnnc1-c1ccncc1. The van der Waals surface area contributed by atoms with Crippen molar-refractivity contribution in [3.05, 3.63) is 24.5 Å². The first-order valence-electron chi connectivity index (χ1n) is 6.16. The van der Waals surface area contributed by atoms with Gasteiger partial charge in [0, 0.05) is 18.0 Å². The predicted octanol–water partition coefficient (Wildman–Crippen LogP) is 1.16. The summed E-state index contributed by atoms with van der Waals surface area (Å²) in [6, 6.07) is 3.45. The van der Waals surface area contributed by atoms with E-state index in [1.165, 1.54) is 0 Å². The van der Waals surface area contributed by atoms with Crippen molar-refractivity contribution in [1.29, 1.82) is 0 Å². The van der Waals surface area contributed by atoms with E-state index in [1.807, 2.05) is 12.1 Å². The second-order valence-corrected chi connectivity index (χ2v) is 4.69. The van der Waals surface area contributed by atoms with Crippen LogP contribution in [0.5, 0.6) is 0 Å². The Morgan fingerprint density at radius 2 is 2.16 bits per heavy atom. The van der Waals surface area contributed by atoms with Crippen molar-refractivity contribution in [3.8, 4) is 11.4 Å². The molecule has 7 nitrogen and oxygen atoms in total. The number of rotatable bonds is 5. The number of carboxylic acid groups (broad SMARTS) is 1. The Morgan fingerprint density at radius 1 is 1.42 bits per heavy atom. The Hall–Kier alpha value is -2.31. The average Bonchev–Trinajstić information content (AvgIpc) is 3.14. The van der Waals surface area contributed by atoms with Crippen molar-refractivity contribution in [3.63, 3.8) is 0 Å².